The van der Waals surface area contributed by atoms with Gasteiger partial charge in [0, 0.05) is 25.6 Å². The van der Waals surface area contributed by atoms with Crippen LogP contribution in [0.5, 0.6) is 5.75 Å². The molecule has 0 bridgehead atoms. The van der Waals surface area contributed by atoms with Crippen LogP contribution in [0.25, 0.3) is 0 Å². The molecule has 0 aliphatic carbocycles. The highest BCUT2D eigenvalue weighted by Crippen LogP contribution is 2.21. The van der Waals surface area contributed by atoms with Crippen LogP contribution in [0.1, 0.15) is 58.1 Å². The molecule has 2 amide bonds. The topological polar surface area (TPSA) is 96.0 Å². The zero-order valence-corrected chi connectivity index (χ0v) is 23.7. The lowest BCUT2D eigenvalue weighted by Gasteiger charge is -2.30. The number of hydrogen-bond donors (Lipinski definition) is 1. The summed E-state index contributed by atoms with van der Waals surface area (Å²) in [5.74, 6) is 0.225. The largest absolute Gasteiger partial charge is 0.497 e. The van der Waals surface area contributed by atoms with Crippen LogP contribution >= 0.6 is 0 Å². The number of nitrogens with one attached hydrogen (secondary N) is 1. The molecule has 8 nitrogen and oxygen atoms in total. The van der Waals surface area contributed by atoms with Crippen molar-refractivity contribution in [2.75, 3.05) is 24.2 Å². The number of sulfonamides is 1. The quantitative estimate of drug-likeness (QED) is 0.395. The third kappa shape index (κ3) is 9.07. The Labute approximate surface area is 222 Å². The van der Waals surface area contributed by atoms with Crippen LogP contribution in [0.2, 0.25) is 0 Å². The number of carbonyl (C=O) groups is 2. The maximum Gasteiger partial charge on any atom is 0.242 e. The van der Waals surface area contributed by atoms with E-state index in [9.17, 15) is 18.0 Å². The third-order valence-corrected chi connectivity index (χ3v) is 7.63. The zero-order chi connectivity index (χ0) is 27.6. The maximum atomic E-state index is 13.4. The number of rotatable bonds is 14. The number of amides is 2. The molecule has 2 atom stereocenters. The Morgan fingerprint density at radius 3 is 2.27 bits per heavy atom. The Balaban J connectivity index is 2.19. The lowest BCUT2D eigenvalue weighted by Crippen LogP contribution is -2.49. The van der Waals surface area contributed by atoms with E-state index in [0.29, 0.717) is 17.9 Å². The van der Waals surface area contributed by atoms with E-state index < -0.39 is 16.1 Å². The summed E-state index contributed by atoms with van der Waals surface area (Å²) in [5, 5.41) is 2.95. The van der Waals surface area contributed by atoms with Crippen molar-refractivity contribution in [3.8, 4) is 5.75 Å². The molecule has 0 aromatic heterocycles. The van der Waals surface area contributed by atoms with Gasteiger partial charge in [-0.3, -0.25) is 13.9 Å². The lowest BCUT2D eigenvalue weighted by atomic mass is 10.1. The average Bonchev–Trinajstić information content (AvgIpc) is 2.88. The van der Waals surface area contributed by atoms with E-state index in [0.717, 1.165) is 24.0 Å². The van der Waals surface area contributed by atoms with Crippen molar-refractivity contribution < 1.29 is 22.7 Å². The summed E-state index contributed by atoms with van der Waals surface area (Å²) >= 11 is 0. The molecule has 37 heavy (non-hydrogen) atoms. The van der Waals surface area contributed by atoms with Gasteiger partial charge in [0.05, 0.1) is 19.1 Å². The summed E-state index contributed by atoms with van der Waals surface area (Å²) in [4.78, 5) is 27.9. The molecule has 2 rings (SSSR count). The maximum absolute atomic E-state index is 13.4. The van der Waals surface area contributed by atoms with Gasteiger partial charge in [0.2, 0.25) is 21.8 Å². The SMILES string of the molecule is CCc1ccc(N(CCCC(=O)N(Cc2cccc(OC)c2)[C@H](C)C(=O)N[C@H](C)CC)S(C)(=O)=O)cc1. The third-order valence-electron chi connectivity index (χ3n) is 6.44. The van der Waals surface area contributed by atoms with Gasteiger partial charge in [-0.25, -0.2) is 8.42 Å². The van der Waals surface area contributed by atoms with Gasteiger partial charge in [0.15, 0.2) is 0 Å². The van der Waals surface area contributed by atoms with Gasteiger partial charge in [-0.15, -0.1) is 0 Å². The standard InChI is InChI=1S/C28H41N3O5S/c1-7-21(3)29-28(33)22(4)30(20-24-11-9-12-26(19-24)36-5)27(32)13-10-18-31(37(6,34)35)25-16-14-23(8-2)15-17-25/h9,11-12,14-17,19,21-22H,7-8,10,13,18,20H2,1-6H3,(H,29,33)/t21-,22-/m1/s1. The summed E-state index contributed by atoms with van der Waals surface area (Å²) in [6.45, 7) is 8.06. The second-order valence-electron chi connectivity index (χ2n) is 9.33. The van der Waals surface area contributed by atoms with E-state index in [-0.39, 0.29) is 37.4 Å². The minimum atomic E-state index is -3.53. The number of aryl methyl sites for hydroxylation is 1. The van der Waals surface area contributed by atoms with Gasteiger partial charge in [-0.1, -0.05) is 38.1 Å². The minimum Gasteiger partial charge on any atom is -0.497 e. The number of methoxy groups -OCH3 is 1. The van der Waals surface area contributed by atoms with Gasteiger partial charge in [-0.05, 0) is 68.5 Å². The minimum absolute atomic E-state index is 0.00821. The highest BCUT2D eigenvalue weighted by Gasteiger charge is 2.27. The molecule has 0 heterocycles. The van der Waals surface area contributed by atoms with E-state index in [1.165, 1.54) is 10.6 Å². The van der Waals surface area contributed by atoms with Crippen LogP contribution in [0.15, 0.2) is 48.5 Å². The number of ether oxygens (including phenoxy) is 1. The molecule has 0 saturated carbocycles. The highest BCUT2D eigenvalue weighted by molar-refractivity contribution is 7.92. The summed E-state index contributed by atoms with van der Waals surface area (Å²) in [6.07, 6.45) is 3.22. The van der Waals surface area contributed by atoms with Gasteiger partial charge in [-0.2, -0.15) is 0 Å². The molecule has 0 saturated heterocycles. The molecule has 0 spiro atoms. The second kappa shape index (κ2) is 14.0. The Morgan fingerprint density at radius 1 is 1.03 bits per heavy atom. The number of hydrogen-bond acceptors (Lipinski definition) is 5. The first-order valence-electron chi connectivity index (χ1n) is 12.8. The molecule has 2 aromatic carbocycles. The Bertz CT molecular complexity index is 1130. The monoisotopic (exact) mass is 531 g/mol. The van der Waals surface area contributed by atoms with Crippen LogP contribution in [0, 0.1) is 0 Å². The number of anilines is 1. The Hall–Kier alpha value is -3.07. The van der Waals surface area contributed by atoms with Gasteiger partial charge < -0.3 is 15.0 Å². The predicted molar refractivity (Wildman–Crippen MR) is 148 cm³/mol. The van der Waals surface area contributed by atoms with Crippen molar-refractivity contribution in [3.63, 3.8) is 0 Å². The fraction of sp³-hybridized carbons (Fsp3) is 0.500. The molecule has 1 N–H and O–H groups in total. The highest BCUT2D eigenvalue weighted by atomic mass is 32.2. The van der Waals surface area contributed by atoms with E-state index in [1.54, 1.807) is 31.1 Å². The molecule has 9 heteroatoms. The molecular formula is C28H41N3O5S. The summed E-state index contributed by atoms with van der Waals surface area (Å²) in [6, 6.07) is 14.1. The zero-order valence-electron chi connectivity index (χ0n) is 22.9. The molecular weight excluding hydrogens is 490 g/mol. The van der Waals surface area contributed by atoms with Crippen molar-refractivity contribution in [2.45, 2.75) is 72.0 Å². The molecule has 2 aromatic rings. The molecule has 0 aliphatic heterocycles. The lowest BCUT2D eigenvalue weighted by molar-refractivity contribution is -0.140. The molecule has 0 aliphatic rings. The molecule has 0 unspecified atom stereocenters. The molecule has 204 valence electrons. The fourth-order valence-electron chi connectivity index (χ4n) is 3.92. The number of nitrogens with zero attached hydrogens (tertiary/aromatic N) is 2. The van der Waals surface area contributed by atoms with E-state index in [2.05, 4.69) is 5.32 Å². The van der Waals surface area contributed by atoms with E-state index in [1.807, 2.05) is 57.2 Å². The van der Waals surface area contributed by atoms with Crippen molar-refractivity contribution in [1.29, 1.82) is 0 Å². The van der Waals surface area contributed by atoms with Crippen molar-refractivity contribution >= 4 is 27.5 Å². The van der Waals surface area contributed by atoms with Crippen molar-refractivity contribution in [2.24, 2.45) is 0 Å². The predicted octanol–water partition coefficient (Wildman–Crippen LogP) is 4.14. The second-order valence-corrected chi connectivity index (χ2v) is 11.2. The first-order chi connectivity index (χ1) is 17.5. The van der Waals surface area contributed by atoms with Gasteiger partial charge >= 0.3 is 0 Å². The number of benzene rings is 2. The molecule has 0 radical (unpaired) electrons. The van der Waals surface area contributed by atoms with Crippen LogP contribution < -0.4 is 14.4 Å². The average molecular weight is 532 g/mol. The van der Waals surface area contributed by atoms with Crippen LogP contribution in [-0.2, 0) is 32.6 Å². The van der Waals surface area contributed by atoms with Crippen LogP contribution in [-0.4, -0.2) is 57.1 Å². The first kappa shape index (κ1) is 30.2. The van der Waals surface area contributed by atoms with Gasteiger partial charge in [0.25, 0.3) is 0 Å². The van der Waals surface area contributed by atoms with E-state index in [4.69, 9.17) is 4.74 Å². The van der Waals surface area contributed by atoms with Crippen LogP contribution in [0.4, 0.5) is 5.69 Å². The summed E-state index contributed by atoms with van der Waals surface area (Å²) in [7, 11) is -1.95. The van der Waals surface area contributed by atoms with Crippen molar-refractivity contribution in [3.05, 3.63) is 59.7 Å². The first-order valence-corrected chi connectivity index (χ1v) is 14.6. The van der Waals surface area contributed by atoms with E-state index >= 15 is 0 Å². The van der Waals surface area contributed by atoms with Gasteiger partial charge in [0.1, 0.15) is 11.8 Å². The normalized spacial score (nSPS) is 12.9. The smallest absolute Gasteiger partial charge is 0.242 e. The number of carbonyl (C=O) groups excluding carboxylic acids is 2. The fourth-order valence-corrected chi connectivity index (χ4v) is 4.88. The summed E-state index contributed by atoms with van der Waals surface area (Å²) in [5.41, 5.74) is 2.52. The summed E-state index contributed by atoms with van der Waals surface area (Å²) < 4.78 is 31.6. The molecule has 0 fully saturated rings. The Morgan fingerprint density at radius 2 is 1.70 bits per heavy atom. The Kier molecular flexibility index (Phi) is 11.4. The van der Waals surface area contributed by atoms with Crippen molar-refractivity contribution in [1.82, 2.24) is 10.2 Å². The van der Waals surface area contributed by atoms with Crippen LogP contribution in [0.3, 0.4) is 0 Å².